The number of carboxylic acid groups (broad SMARTS) is 7. The molecule has 104 heavy (non-hydrogen) atoms. The van der Waals surface area contributed by atoms with Crippen molar-refractivity contribution in [2.24, 2.45) is 40.1 Å². The number of aromatic nitrogens is 3. The fraction of sp³-hybridized carbons (Fsp3) is 0.200. The maximum atomic E-state index is 13.1. The molecule has 0 aliphatic heterocycles. The van der Waals surface area contributed by atoms with Gasteiger partial charge in [-0.1, -0.05) is 164 Å². The number of aliphatic carboxylic acids is 7. The number of hydrogen-bond acceptors (Lipinski definition) is 17. The lowest BCUT2D eigenvalue weighted by Gasteiger charge is -2.21. The van der Waals surface area contributed by atoms with Crippen molar-refractivity contribution in [2.45, 2.75) is 93.7 Å². The Morgan fingerprint density at radius 3 is 1.23 bits per heavy atom. The second-order valence-corrected chi connectivity index (χ2v) is 22.5. The highest BCUT2D eigenvalue weighted by molar-refractivity contribution is 5.77. The van der Waals surface area contributed by atoms with Crippen molar-refractivity contribution in [3.05, 3.63) is 298 Å². The van der Waals surface area contributed by atoms with Crippen LogP contribution in [-0.4, -0.2) is 135 Å². The third-order valence-corrected chi connectivity index (χ3v) is 14.5. The molecule has 0 fully saturated rings. The highest BCUT2D eigenvalue weighted by Gasteiger charge is 2.29. The van der Waals surface area contributed by atoms with Gasteiger partial charge in [0.2, 0.25) is 5.82 Å². The van der Waals surface area contributed by atoms with E-state index < -0.39 is 125 Å². The van der Waals surface area contributed by atoms with Gasteiger partial charge in [0, 0.05) is 61.0 Å². The number of benzene rings is 6. The van der Waals surface area contributed by atoms with Crippen LogP contribution in [0.15, 0.2) is 219 Å². The molecule has 0 saturated carbocycles. The molecule has 0 aliphatic rings. The summed E-state index contributed by atoms with van der Waals surface area (Å²) < 4.78 is 64.1. The summed E-state index contributed by atoms with van der Waals surface area (Å²) in [6.07, 6.45) is 12.4. The van der Waals surface area contributed by atoms with Gasteiger partial charge in [-0.2, -0.15) is 0 Å². The summed E-state index contributed by atoms with van der Waals surface area (Å²) in [4.78, 5) is 85.3. The van der Waals surface area contributed by atoms with E-state index in [4.69, 9.17) is 75.9 Å². The van der Waals surface area contributed by atoms with Gasteiger partial charge < -0.3 is 75.9 Å². The van der Waals surface area contributed by atoms with Crippen LogP contribution in [0.5, 0.6) is 0 Å². The molecule has 0 saturated heterocycles. The maximum Gasteiger partial charge on any atom is 0.321 e. The lowest BCUT2D eigenvalue weighted by Crippen LogP contribution is -2.37. The topological polar surface area (TPSA) is 482 Å². The summed E-state index contributed by atoms with van der Waals surface area (Å²) in [5.41, 5.74) is 46.1. The molecule has 24 nitrogen and oxygen atoms in total. The summed E-state index contributed by atoms with van der Waals surface area (Å²) in [5.74, 6) is -18.5. The van der Waals surface area contributed by atoms with E-state index >= 15 is 0 Å². The molecule has 0 spiro atoms. The number of nitrogens with two attached hydrogens (primary N) is 7. The predicted octanol–water partition coefficient (Wildman–Crippen LogP) is 7.79. The first-order valence-corrected chi connectivity index (χ1v) is 31.4. The molecule has 550 valence electrons. The summed E-state index contributed by atoms with van der Waals surface area (Å²) in [7, 11) is 0. The number of aryl methyl sites for hydroxylation is 1. The van der Waals surface area contributed by atoms with Crippen molar-refractivity contribution in [2.75, 3.05) is 0 Å². The number of rotatable bonds is 24. The minimum atomic E-state index is -2.30. The highest BCUT2D eigenvalue weighted by Crippen LogP contribution is 2.28. The van der Waals surface area contributed by atoms with E-state index in [1.54, 1.807) is 79.5 Å². The third-order valence-electron chi connectivity index (χ3n) is 14.5. The van der Waals surface area contributed by atoms with Crippen LogP contribution in [0.2, 0.25) is 0 Å². The SMILES string of the molecule is Cc1ccccc1-c1ccc(C[C@H](N)C(=O)O)cc1.N[C@@H](C/C=C/c1ccccc1)C(=O)O.N[C@@H](Cc1c(F)c(F)c(F)c(F)c1F)C(=O)O.N[C@@H](Cc1ccccn1)C(=O)O.N[C@@H](Cc1cccnc1)C(=O)O.N[C@@H](Cc1ccncc1)C(=O)O.N[C@H](C(=O)O)C(c1ccccc1)c1ccccc1. The molecule has 0 bridgehead atoms. The monoisotopic (exact) mass is 1440 g/mol. The van der Waals surface area contributed by atoms with Crippen LogP contribution in [0.4, 0.5) is 22.0 Å². The van der Waals surface area contributed by atoms with Gasteiger partial charge in [-0.05, 0) is 113 Å². The van der Waals surface area contributed by atoms with Crippen LogP contribution < -0.4 is 40.1 Å². The van der Waals surface area contributed by atoms with E-state index in [0.717, 1.165) is 38.9 Å². The van der Waals surface area contributed by atoms with Crippen LogP contribution in [-0.2, 0) is 65.7 Å². The van der Waals surface area contributed by atoms with Gasteiger partial charge in [0.15, 0.2) is 23.3 Å². The molecule has 3 aromatic heterocycles. The Morgan fingerprint density at radius 1 is 0.385 bits per heavy atom. The summed E-state index contributed by atoms with van der Waals surface area (Å²) in [6.45, 7) is 2.07. The van der Waals surface area contributed by atoms with E-state index in [1.165, 1.54) is 11.1 Å². The molecule has 6 aromatic carbocycles. The summed E-state index contributed by atoms with van der Waals surface area (Å²) in [5, 5.41) is 60.3. The zero-order valence-electron chi connectivity index (χ0n) is 56.0. The molecular weight excluding hydrogens is 1360 g/mol. The normalized spacial score (nSPS) is 12.4. The first-order chi connectivity index (χ1) is 49.3. The molecule has 9 rings (SSSR count). The molecule has 9 aromatic rings. The molecule has 29 heteroatoms. The average molecular weight is 1440 g/mol. The van der Waals surface area contributed by atoms with Crippen LogP contribution in [0.3, 0.4) is 0 Å². The van der Waals surface area contributed by atoms with Crippen molar-refractivity contribution in [1.82, 2.24) is 15.0 Å². The smallest absolute Gasteiger partial charge is 0.321 e. The Morgan fingerprint density at radius 2 is 0.798 bits per heavy atom. The van der Waals surface area contributed by atoms with Crippen molar-refractivity contribution in [3.63, 3.8) is 0 Å². The number of halogens is 5. The first kappa shape index (κ1) is 86.4. The third kappa shape index (κ3) is 31.4. The first-order valence-electron chi connectivity index (χ1n) is 31.4. The lowest BCUT2D eigenvalue weighted by molar-refractivity contribution is -0.139. The molecule has 0 unspecified atom stereocenters. The Bertz CT molecular complexity index is 3950. The molecule has 21 N–H and O–H groups in total. The van der Waals surface area contributed by atoms with Crippen LogP contribution in [0.1, 0.15) is 62.5 Å². The van der Waals surface area contributed by atoms with Crippen LogP contribution >= 0.6 is 0 Å². The van der Waals surface area contributed by atoms with Crippen LogP contribution in [0, 0.1) is 36.0 Å². The van der Waals surface area contributed by atoms with Crippen molar-refractivity contribution >= 4 is 47.9 Å². The van der Waals surface area contributed by atoms with Gasteiger partial charge >= 0.3 is 41.8 Å². The lowest BCUT2D eigenvalue weighted by atomic mass is 9.85. The Labute approximate surface area is 595 Å². The van der Waals surface area contributed by atoms with Gasteiger partial charge in [-0.3, -0.25) is 48.5 Å². The molecule has 0 amide bonds. The number of carboxylic acids is 7. The van der Waals surface area contributed by atoms with E-state index in [9.17, 15) is 55.5 Å². The quantitative estimate of drug-likeness (QED) is 0.0156. The largest absolute Gasteiger partial charge is 0.480 e. The van der Waals surface area contributed by atoms with Gasteiger partial charge in [0.1, 0.15) is 42.3 Å². The predicted molar refractivity (Wildman–Crippen MR) is 378 cm³/mol. The molecule has 0 aliphatic carbocycles. The summed E-state index contributed by atoms with van der Waals surface area (Å²) in [6, 6.07) is 50.2. The second kappa shape index (κ2) is 45.8. The van der Waals surface area contributed by atoms with Crippen molar-refractivity contribution in [1.29, 1.82) is 0 Å². The van der Waals surface area contributed by atoms with E-state index in [1.807, 2.05) is 133 Å². The van der Waals surface area contributed by atoms with Gasteiger partial charge in [-0.15, -0.1) is 0 Å². The van der Waals surface area contributed by atoms with Crippen molar-refractivity contribution < 1.29 is 91.3 Å². The maximum absolute atomic E-state index is 13.1. The van der Waals surface area contributed by atoms with Gasteiger partial charge in [0.25, 0.3) is 0 Å². The zero-order chi connectivity index (χ0) is 77.4. The van der Waals surface area contributed by atoms with E-state index in [0.29, 0.717) is 31.4 Å². The molecule has 3 heterocycles. The highest BCUT2D eigenvalue weighted by atomic mass is 19.2. The second-order valence-electron chi connectivity index (χ2n) is 22.5. The molecular formula is C75H81F5N10O14. The Hall–Kier alpha value is -11.8. The summed E-state index contributed by atoms with van der Waals surface area (Å²) >= 11 is 0. The van der Waals surface area contributed by atoms with Gasteiger partial charge in [0.05, 0.1) is 0 Å². The zero-order valence-corrected chi connectivity index (χ0v) is 56.0. The minimum Gasteiger partial charge on any atom is -0.480 e. The van der Waals surface area contributed by atoms with Crippen LogP contribution in [0.25, 0.3) is 17.2 Å². The number of hydrogen-bond donors (Lipinski definition) is 14. The van der Waals surface area contributed by atoms with E-state index in [2.05, 4.69) is 34.0 Å². The number of carbonyl (C=O) groups is 7. The Balaban J connectivity index is 0.000000318. The minimum absolute atomic E-state index is 0.274. The fourth-order valence-corrected chi connectivity index (χ4v) is 8.83. The Kier molecular flexibility index (Phi) is 38.1. The standard InChI is InChI=1S/C16H17NO2.C15H15NO2.C11H13NO2.C9H6F5NO2.3C8H10N2O2/c1-11-4-2-3-5-14(11)13-8-6-12(7-9-13)10-15(17)16(18)19;16-14(15(17)18)13(11-7-3-1-4-8-11)12-9-5-2-6-10-12;12-10(11(13)14)8-4-7-9-5-2-1-3-6-9;10-4-2(1-3(15)9(16)17)5(11)7(13)8(14)6(4)12;9-7(8(11)12)5-6-1-3-10-4-2-6;9-7(8(11)12)4-6-2-1-3-10-5-6;9-7(8(11)12)5-6-3-1-2-4-10-6/h2-9,15H,10,17H2,1H3,(H,18,19);1-10,13-14H,16H2,(H,17,18);1-7,10H,8,12H2,(H,13,14);3H,1,15H2,(H,16,17);1-4,7H,5,9H2,(H,11,12);1-3,5,7H,4,9H2,(H,11,12);1-4,7H,5,9H2,(H,11,12)/b;;7-4+;;;;/t15-;14-;10-;3-;3*7-/m0000000/s1. The number of nitrogens with zero attached hydrogens (tertiary/aromatic N) is 3. The van der Waals surface area contributed by atoms with Crippen molar-refractivity contribution in [3.8, 4) is 11.1 Å². The number of pyridine rings is 3. The molecule has 0 radical (unpaired) electrons. The van der Waals surface area contributed by atoms with E-state index in [-0.39, 0.29) is 12.3 Å². The fourth-order valence-electron chi connectivity index (χ4n) is 8.83. The molecule has 7 atom stereocenters. The van der Waals surface area contributed by atoms with Gasteiger partial charge in [-0.25, -0.2) is 22.0 Å². The average Bonchev–Trinajstić information content (AvgIpc) is 0.804.